The van der Waals surface area contributed by atoms with Crippen LogP contribution in [0, 0.1) is 40.0 Å². The molecule has 0 saturated carbocycles. The molecule has 0 spiro atoms. The van der Waals surface area contributed by atoms with E-state index >= 15 is 0 Å². The van der Waals surface area contributed by atoms with Crippen molar-refractivity contribution in [3.8, 4) is 11.4 Å². The number of nitrogens with zero attached hydrogens (tertiary/aromatic N) is 4. The largest absolute Gasteiger partial charge is 0.486 e. The summed E-state index contributed by atoms with van der Waals surface area (Å²) in [5.74, 6) is 0.352. The number of amides is 1. The number of aliphatic imine (C=N–C) groups is 1. The van der Waals surface area contributed by atoms with Gasteiger partial charge in [-0.1, -0.05) is 30.3 Å². The van der Waals surface area contributed by atoms with Gasteiger partial charge in [-0.2, -0.15) is 15.1 Å². The van der Waals surface area contributed by atoms with Gasteiger partial charge in [0.15, 0.2) is 5.84 Å². The number of hydrazone groups is 1. The van der Waals surface area contributed by atoms with Crippen LogP contribution in [0.15, 0.2) is 64.2 Å². The third-order valence-electron chi connectivity index (χ3n) is 6.53. The van der Waals surface area contributed by atoms with Gasteiger partial charge in [0.2, 0.25) is 5.17 Å². The van der Waals surface area contributed by atoms with Crippen LogP contribution in [-0.2, 0) is 4.79 Å². The molecule has 2 aliphatic rings. The first-order valence-electron chi connectivity index (χ1n) is 11.7. The summed E-state index contributed by atoms with van der Waals surface area (Å²) in [5, 5.41) is 15.7. The minimum atomic E-state index is -0.438. The number of aromatic nitrogens is 1. The van der Waals surface area contributed by atoms with E-state index in [2.05, 4.69) is 46.7 Å². The molecule has 0 bridgehead atoms. The van der Waals surface area contributed by atoms with Crippen molar-refractivity contribution in [2.24, 2.45) is 10.1 Å². The van der Waals surface area contributed by atoms with Crippen molar-refractivity contribution in [2.75, 3.05) is 6.61 Å². The van der Waals surface area contributed by atoms with Crippen molar-refractivity contribution in [1.29, 1.82) is 5.41 Å². The summed E-state index contributed by atoms with van der Waals surface area (Å²) in [5.41, 5.74) is 7.70. The first-order chi connectivity index (χ1) is 17.2. The van der Waals surface area contributed by atoms with Gasteiger partial charge in [0.1, 0.15) is 17.4 Å². The number of thioether (sulfide) groups is 1. The summed E-state index contributed by atoms with van der Waals surface area (Å²) in [7, 11) is 0. The normalized spacial score (nSPS) is 16.4. The molecule has 1 N–H and O–H groups in total. The van der Waals surface area contributed by atoms with Gasteiger partial charge in [-0.15, -0.1) is 0 Å². The van der Waals surface area contributed by atoms with Gasteiger partial charge in [0.05, 0.1) is 5.57 Å². The van der Waals surface area contributed by atoms with Crippen molar-refractivity contribution in [2.45, 2.75) is 34.6 Å². The zero-order valence-corrected chi connectivity index (χ0v) is 21.7. The zero-order valence-electron chi connectivity index (χ0n) is 20.9. The number of carbonyl (C=O) groups excluding carboxylic acids is 1. The fourth-order valence-electron chi connectivity index (χ4n) is 4.39. The Balaban J connectivity index is 1.42. The molecule has 8 heteroatoms. The van der Waals surface area contributed by atoms with Crippen LogP contribution in [0.25, 0.3) is 11.8 Å². The highest BCUT2D eigenvalue weighted by atomic mass is 32.2. The molecule has 182 valence electrons. The Morgan fingerprint density at radius 1 is 1.03 bits per heavy atom. The number of benzene rings is 2. The Hall–Kier alpha value is -3.91. The van der Waals surface area contributed by atoms with Crippen molar-refractivity contribution in [1.82, 2.24) is 9.58 Å². The Kier molecular flexibility index (Phi) is 6.14. The Labute approximate surface area is 214 Å². The van der Waals surface area contributed by atoms with Crippen LogP contribution >= 0.6 is 11.8 Å². The topological polar surface area (TPSA) is 83.0 Å². The van der Waals surface area contributed by atoms with Crippen LogP contribution in [-0.4, -0.2) is 38.1 Å². The van der Waals surface area contributed by atoms with E-state index in [1.165, 1.54) is 27.9 Å². The number of nitrogens with one attached hydrogen (secondary N) is 1. The smallest absolute Gasteiger partial charge is 0.283 e. The maximum atomic E-state index is 12.9. The summed E-state index contributed by atoms with van der Waals surface area (Å²) in [6.45, 7) is 10.5. The number of hydrogen-bond donors (Lipinski definition) is 1. The molecule has 2 aliphatic heterocycles. The van der Waals surface area contributed by atoms with Gasteiger partial charge in [-0.05, 0) is 92.9 Å². The molecular weight excluding hydrogens is 470 g/mol. The summed E-state index contributed by atoms with van der Waals surface area (Å²) >= 11 is 1.25. The SMILES string of the molecule is Cc1ccccc1OCC1=NN2C(=N)/C(=C/c3cc(C)n(-c4cccc(C)c4C)c3C)C(=O)N=C2S1. The predicted octanol–water partition coefficient (Wildman–Crippen LogP) is 5.72. The second-order valence-electron chi connectivity index (χ2n) is 8.95. The van der Waals surface area contributed by atoms with Gasteiger partial charge in [0, 0.05) is 17.1 Å². The number of amidine groups is 2. The molecule has 7 nitrogen and oxygen atoms in total. The number of rotatable bonds is 5. The lowest BCUT2D eigenvalue weighted by Crippen LogP contribution is -2.35. The van der Waals surface area contributed by atoms with Gasteiger partial charge >= 0.3 is 0 Å². The van der Waals surface area contributed by atoms with Gasteiger partial charge in [-0.3, -0.25) is 10.2 Å². The van der Waals surface area contributed by atoms with Crippen LogP contribution in [0.4, 0.5) is 0 Å². The number of ether oxygens (including phenoxy) is 1. The number of aryl methyl sites for hydroxylation is 3. The number of fused-ring (bicyclic) bond motifs is 1. The number of hydrogen-bond acceptors (Lipinski definition) is 5. The van der Waals surface area contributed by atoms with Crippen LogP contribution in [0.5, 0.6) is 5.75 Å². The monoisotopic (exact) mass is 497 g/mol. The van der Waals surface area contributed by atoms with E-state index in [-0.39, 0.29) is 18.0 Å². The molecule has 0 unspecified atom stereocenters. The van der Waals surface area contributed by atoms with E-state index < -0.39 is 5.91 Å². The Morgan fingerprint density at radius 2 is 1.78 bits per heavy atom. The molecule has 0 radical (unpaired) electrons. The number of para-hydroxylation sites is 1. The molecule has 1 amide bonds. The lowest BCUT2D eigenvalue weighted by molar-refractivity contribution is -0.114. The first kappa shape index (κ1) is 23.8. The fourth-order valence-corrected chi connectivity index (χ4v) is 5.18. The van der Waals surface area contributed by atoms with Crippen molar-refractivity contribution in [3.63, 3.8) is 0 Å². The molecule has 0 saturated heterocycles. The van der Waals surface area contributed by atoms with E-state index in [0.29, 0.717) is 10.2 Å². The molecule has 0 aliphatic carbocycles. The molecule has 1 aromatic heterocycles. The van der Waals surface area contributed by atoms with Gasteiger partial charge in [0.25, 0.3) is 5.91 Å². The van der Waals surface area contributed by atoms with E-state index in [0.717, 1.165) is 34.0 Å². The molecule has 5 rings (SSSR count). The Bertz CT molecular complexity index is 1510. The maximum absolute atomic E-state index is 12.9. The second-order valence-corrected chi connectivity index (χ2v) is 9.99. The zero-order chi connectivity index (χ0) is 25.6. The lowest BCUT2D eigenvalue weighted by atomic mass is 10.1. The molecule has 3 aromatic rings. The summed E-state index contributed by atoms with van der Waals surface area (Å²) in [6.07, 6.45) is 1.75. The summed E-state index contributed by atoms with van der Waals surface area (Å²) in [4.78, 5) is 17.1. The third kappa shape index (κ3) is 4.18. The minimum Gasteiger partial charge on any atom is -0.486 e. The average molecular weight is 498 g/mol. The molecule has 2 aromatic carbocycles. The maximum Gasteiger partial charge on any atom is 0.283 e. The predicted molar refractivity (Wildman–Crippen MR) is 146 cm³/mol. The average Bonchev–Trinajstić information content (AvgIpc) is 3.38. The van der Waals surface area contributed by atoms with Gasteiger partial charge < -0.3 is 9.30 Å². The van der Waals surface area contributed by atoms with E-state index in [9.17, 15) is 4.79 Å². The van der Waals surface area contributed by atoms with Crippen molar-refractivity contribution < 1.29 is 9.53 Å². The van der Waals surface area contributed by atoms with Gasteiger partial charge in [-0.25, -0.2) is 0 Å². The number of carbonyl (C=O) groups is 1. The van der Waals surface area contributed by atoms with Crippen molar-refractivity contribution >= 4 is 39.8 Å². The van der Waals surface area contributed by atoms with Crippen LogP contribution in [0.1, 0.15) is 33.6 Å². The third-order valence-corrected chi connectivity index (χ3v) is 7.41. The van der Waals surface area contributed by atoms with E-state index in [4.69, 9.17) is 10.1 Å². The molecule has 36 heavy (non-hydrogen) atoms. The van der Waals surface area contributed by atoms with E-state index in [1.54, 1.807) is 6.08 Å². The van der Waals surface area contributed by atoms with E-state index in [1.807, 2.05) is 51.1 Å². The second kappa shape index (κ2) is 9.28. The molecular formula is C28H27N5O2S. The lowest BCUT2D eigenvalue weighted by Gasteiger charge is -2.20. The Morgan fingerprint density at radius 3 is 2.56 bits per heavy atom. The summed E-state index contributed by atoms with van der Waals surface area (Å²) < 4.78 is 8.08. The molecule has 0 fully saturated rings. The molecule has 3 heterocycles. The molecule has 0 atom stereocenters. The summed E-state index contributed by atoms with van der Waals surface area (Å²) in [6, 6.07) is 16.0. The van der Waals surface area contributed by atoms with Crippen LogP contribution in [0.2, 0.25) is 0 Å². The highest BCUT2D eigenvalue weighted by Crippen LogP contribution is 2.31. The fraction of sp³-hybridized carbons (Fsp3) is 0.214. The van der Waals surface area contributed by atoms with Crippen LogP contribution in [0.3, 0.4) is 0 Å². The standard InChI is InChI=1S/C28H27N5O2S/c1-16-10-8-11-23(19(16)4)32-18(3)13-21(20(32)5)14-22-26(29)33-28(30-27(22)34)36-25(31-33)15-35-24-12-7-6-9-17(24)2/h6-14,29H,15H2,1-5H3/b22-14-,29-26?. The van der Waals surface area contributed by atoms with Crippen molar-refractivity contribution in [3.05, 3.63) is 87.7 Å². The highest BCUT2D eigenvalue weighted by molar-refractivity contribution is 8.27. The van der Waals surface area contributed by atoms with Crippen LogP contribution < -0.4 is 4.74 Å². The first-order valence-corrected chi connectivity index (χ1v) is 12.5. The minimum absolute atomic E-state index is 0.0138. The highest BCUT2D eigenvalue weighted by Gasteiger charge is 2.36. The quantitative estimate of drug-likeness (QED) is 0.457.